The predicted octanol–water partition coefficient (Wildman–Crippen LogP) is -0.0399. The van der Waals surface area contributed by atoms with Crippen molar-refractivity contribution in [1.82, 2.24) is 0 Å². The second-order valence-corrected chi connectivity index (χ2v) is 4.41. The highest BCUT2D eigenvalue weighted by atomic mass is 16.6. The molecule has 5 heteroatoms. The molecule has 5 nitrogen and oxygen atoms in total. The maximum absolute atomic E-state index is 10.4. The van der Waals surface area contributed by atoms with Crippen molar-refractivity contribution >= 4 is 6.09 Å². The highest BCUT2D eigenvalue weighted by Gasteiger charge is 2.35. The lowest BCUT2D eigenvalue weighted by Gasteiger charge is -2.38. The van der Waals surface area contributed by atoms with Crippen molar-refractivity contribution in [2.75, 3.05) is 6.61 Å². The first-order valence-electron chi connectivity index (χ1n) is 4.79. The molecule has 82 valence electrons. The standard InChI is InChI=1S/C9H18N2O3/c1-9(11,5-12)4-6-2-7(3-6)14-8(10)13/h6-7,12H,2-5,11H2,1H3,(H2,10,13)/t6?,7?,9-/m1/s1. The van der Waals surface area contributed by atoms with Gasteiger partial charge in [0.25, 0.3) is 0 Å². The van der Waals surface area contributed by atoms with Crippen LogP contribution in [-0.4, -0.2) is 29.4 Å². The van der Waals surface area contributed by atoms with Crippen molar-refractivity contribution in [2.24, 2.45) is 17.4 Å². The number of primary amides is 1. The van der Waals surface area contributed by atoms with Gasteiger partial charge in [-0.25, -0.2) is 4.79 Å². The Bertz CT molecular complexity index is 212. The number of nitrogens with two attached hydrogens (primary N) is 2. The first-order valence-corrected chi connectivity index (χ1v) is 4.79. The highest BCUT2D eigenvalue weighted by molar-refractivity contribution is 5.64. The minimum atomic E-state index is -0.717. The van der Waals surface area contributed by atoms with Crippen molar-refractivity contribution in [3.05, 3.63) is 0 Å². The van der Waals surface area contributed by atoms with Crippen LogP contribution in [0.5, 0.6) is 0 Å². The van der Waals surface area contributed by atoms with Crippen LogP contribution in [0.15, 0.2) is 0 Å². The zero-order chi connectivity index (χ0) is 10.8. The third kappa shape index (κ3) is 3.16. The van der Waals surface area contributed by atoms with Crippen LogP contribution < -0.4 is 11.5 Å². The van der Waals surface area contributed by atoms with E-state index in [4.69, 9.17) is 21.3 Å². The van der Waals surface area contributed by atoms with Crippen LogP contribution in [-0.2, 0) is 4.74 Å². The van der Waals surface area contributed by atoms with E-state index >= 15 is 0 Å². The second-order valence-electron chi connectivity index (χ2n) is 4.41. The predicted molar refractivity (Wildman–Crippen MR) is 51.5 cm³/mol. The highest BCUT2D eigenvalue weighted by Crippen LogP contribution is 2.35. The molecule has 0 aromatic carbocycles. The third-order valence-electron chi connectivity index (χ3n) is 2.59. The van der Waals surface area contributed by atoms with Gasteiger partial charge < -0.3 is 21.3 Å². The van der Waals surface area contributed by atoms with E-state index in [1.54, 1.807) is 0 Å². The Labute approximate surface area is 83.4 Å². The van der Waals surface area contributed by atoms with Crippen molar-refractivity contribution < 1.29 is 14.6 Å². The van der Waals surface area contributed by atoms with Gasteiger partial charge in [0.1, 0.15) is 6.10 Å². The third-order valence-corrected chi connectivity index (χ3v) is 2.59. The molecule has 5 N–H and O–H groups in total. The van der Waals surface area contributed by atoms with Gasteiger partial charge >= 0.3 is 6.09 Å². The lowest BCUT2D eigenvalue weighted by Crippen LogP contribution is -2.46. The molecule has 0 saturated heterocycles. The van der Waals surface area contributed by atoms with Gasteiger partial charge in [0, 0.05) is 5.54 Å². The molecule has 14 heavy (non-hydrogen) atoms. The fourth-order valence-corrected chi connectivity index (χ4v) is 1.83. The minimum Gasteiger partial charge on any atom is -0.446 e. The van der Waals surface area contributed by atoms with E-state index < -0.39 is 11.6 Å². The quantitative estimate of drug-likeness (QED) is 0.595. The summed E-state index contributed by atoms with van der Waals surface area (Å²) >= 11 is 0. The summed E-state index contributed by atoms with van der Waals surface area (Å²) in [6.45, 7) is 1.79. The average molecular weight is 202 g/mol. The van der Waals surface area contributed by atoms with Crippen molar-refractivity contribution in [3.8, 4) is 0 Å². The molecule has 0 spiro atoms. The molecule has 1 amide bonds. The van der Waals surface area contributed by atoms with Gasteiger partial charge in [0.05, 0.1) is 6.61 Å². The molecule has 0 radical (unpaired) electrons. The van der Waals surface area contributed by atoms with Gasteiger partial charge in [-0.1, -0.05) is 0 Å². The molecule has 0 aromatic heterocycles. The molecule has 1 rings (SSSR count). The number of aliphatic hydroxyl groups excluding tert-OH is 1. The summed E-state index contributed by atoms with van der Waals surface area (Å²) in [6.07, 6.45) is 1.59. The molecule has 0 unspecified atom stereocenters. The molecule has 1 fully saturated rings. The van der Waals surface area contributed by atoms with Gasteiger partial charge in [0.2, 0.25) is 0 Å². The molecule has 1 aliphatic rings. The lowest BCUT2D eigenvalue weighted by atomic mass is 9.75. The van der Waals surface area contributed by atoms with Crippen LogP contribution in [0.3, 0.4) is 0 Å². The monoisotopic (exact) mass is 202 g/mol. The molecule has 0 heterocycles. The maximum atomic E-state index is 10.4. The topological polar surface area (TPSA) is 98.6 Å². The molecule has 0 aliphatic heterocycles. The molecule has 1 atom stereocenters. The molecular weight excluding hydrogens is 184 g/mol. The Hall–Kier alpha value is -0.810. The van der Waals surface area contributed by atoms with Crippen LogP contribution in [0.1, 0.15) is 26.2 Å². The number of rotatable bonds is 4. The summed E-state index contributed by atoms with van der Waals surface area (Å²) in [5.74, 6) is 0.432. The minimum absolute atomic E-state index is 0.0230. The first kappa shape index (κ1) is 11.3. The number of amides is 1. The van der Waals surface area contributed by atoms with Crippen LogP contribution in [0.25, 0.3) is 0 Å². The summed E-state index contributed by atoms with van der Waals surface area (Å²) in [7, 11) is 0. The number of carbonyl (C=O) groups excluding carboxylic acids is 1. The number of ether oxygens (including phenoxy) is 1. The van der Waals surface area contributed by atoms with E-state index in [-0.39, 0.29) is 12.7 Å². The number of hydrogen-bond acceptors (Lipinski definition) is 4. The van der Waals surface area contributed by atoms with E-state index in [0.717, 1.165) is 19.3 Å². The Morgan fingerprint density at radius 2 is 2.21 bits per heavy atom. The zero-order valence-electron chi connectivity index (χ0n) is 8.40. The van der Waals surface area contributed by atoms with E-state index in [1.165, 1.54) is 0 Å². The maximum Gasteiger partial charge on any atom is 0.404 e. The van der Waals surface area contributed by atoms with Crippen molar-refractivity contribution in [3.63, 3.8) is 0 Å². The average Bonchev–Trinajstić information content (AvgIpc) is 1.99. The lowest BCUT2D eigenvalue weighted by molar-refractivity contribution is 0.00858. The number of carbonyl (C=O) groups is 1. The fourth-order valence-electron chi connectivity index (χ4n) is 1.83. The summed E-state index contributed by atoms with van der Waals surface area (Å²) in [6, 6.07) is 0. The van der Waals surface area contributed by atoms with Crippen molar-refractivity contribution in [2.45, 2.75) is 37.8 Å². The molecule has 1 saturated carbocycles. The molecule has 0 bridgehead atoms. The van der Waals surface area contributed by atoms with Gasteiger partial charge in [-0.15, -0.1) is 0 Å². The fraction of sp³-hybridized carbons (Fsp3) is 0.889. The second kappa shape index (κ2) is 4.14. The summed E-state index contributed by atoms with van der Waals surface area (Å²) in [5.41, 5.74) is 10.1. The Kier molecular flexibility index (Phi) is 3.34. The number of aliphatic hydroxyl groups is 1. The van der Waals surface area contributed by atoms with Gasteiger partial charge in [-0.05, 0) is 32.1 Å². The first-order chi connectivity index (χ1) is 6.43. The molecule has 1 aliphatic carbocycles. The van der Waals surface area contributed by atoms with Crippen LogP contribution in [0, 0.1) is 5.92 Å². The van der Waals surface area contributed by atoms with Gasteiger partial charge in [-0.3, -0.25) is 0 Å². The summed E-state index contributed by atoms with van der Waals surface area (Å²) in [4.78, 5) is 10.4. The summed E-state index contributed by atoms with van der Waals surface area (Å²) in [5, 5.41) is 8.94. The molecular formula is C9H18N2O3. The normalized spacial score (nSPS) is 30.2. The molecule has 0 aromatic rings. The van der Waals surface area contributed by atoms with E-state index in [2.05, 4.69) is 0 Å². The zero-order valence-corrected chi connectivity index (χ0v) is 8.40. The van der Waals surface area contributed by atoms with E-state index in [0.29, 0.717) is 5.92 Å². The summed E-state index contributed by atoms with van der Waals surface area (Å²) < 4.78 is 4.80. The Morgan fingerprint density at radius 3 is 2.64 bits per heavy atom. The van der Waals surface area contributed by atoms with Gasteiger partial charge in [0.15, 0.2) is 0 Å². The van der Waals surface area contributed by atoms with Crippen LogP contribution in [0.2, 0.25) is 0 Å². The van der Waals surface area contributed by atoms with Crippen LogP contribution >= 0.6 is 0 Å². The number of hydrogen-bond donors (Lipinski definition) is 3. The smallest absolute Gasteiger partial charge is 0.404 e. The van der Waals surface area contributed by atoms with Gasteiger partial charge in [-0.2, -0.15) is 0 Å². The van der Waals surface area contributed by atoms with Crippen molar-refractivity contribution in [1.29, 1.82) is 0 Å². The Balaban J connectivity index is 2.19. The van der Waals surface area contributed by atoms with Crippen LogP contribution in [0.4, 0.5) is 4.79 Å². The van der Waals surface area contributed by atoms with E-state index in [1.807, 2.05) is 6.92 Å². The largest absolute Gasteiger partial charge is 0.446 e. The Morgan fingerprint density at radius 1 is 1.64 bits per heavy atom. The van der Waals surface area contributed by atoms with E-state index in [9.17, 15) is 4.79 Å². The SMILES string of the molecule is C[C@](N)(CO)CC1CC(OC(N)=O)C1.